The van der Waals surface area contributed by atoms with Gasteiger partial charge in [-0.15, -0.1) is 11.3 Å². The zero-order chi connectivity index (χ0) is 14.9. The summed E-state index contributed by atoms with van der Waals surface area (Å²) in [6.07, 6.45) is 1.77. The molecule has 108 valence electrons. The first-order valence-electron chi connectivity index (χ1n) is 7.04. The highest BCUT2D eigenvalue weighted by Crippen LogP contribution is 2.26. The lowest BCUT2D eigenvalue weighted by Crippen LogP contribution is -2.25. The smallest absolute Gasteiger partial charge is 0.274 e. The first-order chi connectivity index (χ1) is 10.8. The standard InChI is InChI=1S/C17H13N3OS/c21-17(20-9-13-7-4-8-18-14(13)10-20)15-11-22-16(19-15)12-5-2-1-3-6-12/h1-8,11H,9-10H2. The molecule has 0 fully saturated rings. The average molecular weight is 307 g/mol. The van der Waals surface area contributed by atoms with E-state index in [2.05, 4.69) is 9.97 Å². The van der Waals surface area contributed by atoms with Gasteiger partial charge in [0, 0.05) is 23.7 Å². The van der Waals surface area contributed by atoms with Crippen LogP contribution in [0.5, 0.6) is 0 Å². The number of nitrogens with zero attached hydrogens (tertiary/aromatic N) is 3. The summed E-state index contributed by atoms with van der Waals surface area (Å²) in [7, 11) is 0. The lowest BCUT2D eigenvalue weighted by Gasteiger charge is -2.12. The van der Waals surface area contributed by atoms with Crippen molar-refractivity contribution in [3.05, 3.63) is 71.0 Å². The molecule has 1 aliphatic heterocycles. The molecule has 0 saturated carbocycles. The minimum atomic E-state index is -0.0311. The number of carbonyl (C=O) groups excluding carboxylic acids is 1. The summed E-state index contributed by atoms with van der Waals surface area (Å²) >= 11 is 1.50. The van der Waals surface area contributed by atoms with Crippen molar-refractivity contribution in [2.24, 2.45) is 0 Å². The van der Waals surface area contributed by atoms with E-state index in [1.165, 1.54) is 11.3 Å². The van der Waals surface area contributed by atoms with Gasteiger partial charge in [0.25, 0.3) is 5.91 Å². The second-order valence-electron chi connectivity index (χ2n) is 5.17. The fourth-order valence-corrected chi connectivity index (χ4v) is 3.39. The highest BCUT2D eigenvalue weighted by atomic mass is 32.1. The largest absolute Gasteiger partial charge is 0.327 e. The van der Waals surface area contributed by atoms with Crippen molar-refractivity contribution in [1.29, 1.82) is 0 Å². The minimum Gasteiger partial charge on any atom is -0.327 e. The van der Waals surface area contributed by atoms with Crippen molar-refractivity contribution in [1.82, 2.24) is 14.9 Å². The Balaban J connectivity index is 1.57. The van der Waals surface area contributed by atoms with E-state index < -0.39 is 0 Å². The number of carbonyl (C=O) groups is 1. The molecule has 5 heteroatoms. The van der Waals surface area contributed by atoms with Gasteiger partial charge in [-0.2, -0.15) is 0 Å². The predicted octanol–water partition coefficient (Wildman–Crippen LogP) is 3.36. The second-order valence-corrected chi connectivity index (χ2v) is 6.03. The van der Waals surface area contributed by atoms with Crippen molar-refractivity contribution in [2.75, 3.05) is 0 Å². The molecule has 1 aliphatic rings. The van der Waals surface area contributed by atoms with Crippen LogP contribution in [0, 0.1) is 0 Å². The number of benzene rings is 1. The van der Waals surface area contributed by atoms with Crippen LogP contribution in [0.2, 0.25) is 0 Å². The number of pyridine rings is 1. The lowest BCUT2D eigenvalue weighted by molar-refractivity contribution is 0.0745. The summed E-state index contributed by atoms with van der Waals surface area (Å²) in [5.41, 5.74) is 3.65. The molecule has 3 heterocycles. The van der Waals surface area contributed by atoms with Gasteiger partial charge in [0.2, 0.25) is 0 Å². The van der Waals surface area contributed by atoms with Crippen molar-refractivity contribution in [2.45, 2.75) is 13.1 Å². The van der Waals surface area contributed by atoms with E-state index in [1.807, 2.05) is 47.8 Å². The van der Waals surface area contributed by atoms with Gasteiger partial charge in [-0.05, 0) is 11.6 Å². The third-order valence-corrected chi connectivity index (χ3v) is 4.61. The van der Waals surface area contributed by atoms with Crippen LogP contribution in [-0.4, -0.2) is 20.8 Å². The van der Waals surface area contributed by atoms with Gasteiger partial charge in [-0.25, -0.2) is 4.98 Å². The molecule has 2 aromatic heterocycles. The highest BCUT2D eigenvalue weighted by molar-refractivity contribution is 7.13. The number of aromatic nitrogens is 2. The average Bonchev–Trinajstić information content (AvgIpc) is 3.22. The second kappa shape index (κ2) is 5.35. The first-order valence-corrected chi connectivity index (χ1v) is 7.92. The molecule has 1 amide bonds. The third kappa shape index (κ3) is 2.29. The number of thiazole rings is 1. The zero-order valence-electron chi connectivity index (χ0n) is 11.8. The maximum absolute atomic E-state index is 12.6. The molecule has 0 saturated heterocycles. The number of hydrogen-bond acceptors (Lipinski definition) is 4. The molecule has 3 aromatic rings. The molecular weight excluding hydrogens is 294 g/mol. The van der Waals surface area contributed by atoms with E-state index in [9.17, 15) is 4.79 Å². The van der Waals surface area contributed by atoms with Gasteiger partial charge >= 0.3 is 0 Å². The SMILES string of the molecule is O=C(c1csc(-c2ccccc2)n1)N1Cc2cccnc2C1. The maximum atomic E-state index is 12.6. The summed E-state index contributed by atoms with van der Waals surface area (Å²) in [6.45, 7) is 1.17. The van der Waals surface area contributed by atoms with E-state index in [1.54, 1.807) is 11.1 Å². The number of hydrogen-bond donors (Lipinski definition) is 0. The monoisotopic (exact) mass is 307 g/mol. The van der Waals surface area contributed by atoms with E-state index in [-0.39, 0.29) is 5.91 Å². The van der Waals surface area contributed by atoms with E-state index >= 15 is 0 Å². The van der Waals surface area contributed by atoms with Crippen LogP contribution < -0.4 is 0 Å². The van der Waals surface area contributed by atoms with Crippen LogP contribution in [0.1, 0.15) is 21.7 Å². The summed E-state index contributed by atoms with van der Waals surface area (Å²) in [5, 5.41) is 2.71. The summed E-state index contributed by atoms with van der Waals surface area (Å²) in [6, 6.07) is 13.8. The Morgan fingerprint density at radius 3 is 2.77 bits per heavy atom. The molecule has 4 rings (SSSR count). The molecule has 0 unspecified atom stereocenters. The van der Waals surface area contributed by atoms with E-state index in [0.717, 1.165) is 21.8 Å². The van der Waals surface area contributed by atoms with Crippen LogP contribution in [0.15, 0.2) is 54.0 Å². The molecule has 0 bridgehead atoms. The zero-order valence-corrected chi connectivity index (χ0v) is 12.6. The molecule has 0 spiro atoms. The van der Waals surface area contributed by atoms with Crippen molar-refractivity contribution >= 4 is 17.2 Å². The fourth-order valence-electron chi connectivity index (χ4n) is 2.59. The van der Waals surface area contributed by atoms with Gasteiger partial charge in [0.1, 0.15) is 10.7 Å². The Kier molecular flexibility index (Phi) is 3.20. The van der Waals surface area contributed by atoms with Gasteiger partial charge < -0.3 is 4.90 Å². The topological polar surface area (TPSA) is 46.1 Å². The third-order valence-electron chi connectivity index (χ3n) is 3.72. The quantitative estimate of drug-likeness (QED) is 0.729. The van der Waals surface area contributed by atoms with Crippen LogP contribution in [-0.2, 0) is 13.1 Å². The molecular formula is C17H13N3OS. The van der Waals surface area contributed by atoms with Crippen LogP contribution in [0.3, 0.4) is 0 Å². The summed E-state index contributed by atoms with van der Waals surface area (Å²) in [5.74, 6) is -0.0311. The van der Waals surface area contributed by atoms with E-state index in [0.29, 0.717) is 18.8 Å². The van der Waals surface area contributed by atoms with Gasteiger partial charge in [-0.1, -0.05) is 36.4 Å². The number of fused-ring (bicyclic) bond motifs is 1. The van der Waals surface area contributed by atoms with E-state index in [4.69, 9.17) is 0 Å². The first kappa shape index (κ1) is 13.2. The van der Waals surface area contributed by atoms with Crippen molar-refractivity contribution in [3.8, 4) is 10.6 Å². The molecule has 0 atom stereocenters. The van der Waals surface area contributed by atoms with Crippen LogP contribution in [0.4, 0.5) is 0 Å². The molecule has 0 aliphatic carbocycles. The Morgan fingerprint density at radius 1 is 1.09 bits per heavy atom. The molecule has 0 N–H and O–H groups in total. The normalized spacial score (nSPS) is 13.2. The van der Waals surface area contributed by atoms with Crippen molar-refractivity contribution < 1.29 is 4.79 Å². The van der Waals surface area contributed by atoms with Crippen molar-refractivity contribution in [3.63, 3.8) is 0 Å². The summed E-state index contributed by atoms with van der Waals surface area (Å²) in [4.78, 5) is 23.2. The van der Waals surface area contributed by atoms with Crippen LogP contribution >= 0.6 is 11.3 Å². The minimum absolute atomic E-state index is 0.0311. The van der Waals surface area contributed by atoms with Gasteiger partial charge in [0.15, 0.2) is 0 Å². The number of amides is 1. The van der Waals surface area contributed by atoms with Gasteiger partial charge in [-0.3, -0.25) is 9.78 Å². The molecule has 0 radical (unpaired) electrons. The molecule has 22 heavy (non-hydrogen) atoms. The maximum Gasteiger partial charge on any atom is 0.274 e. The Bertz CT molecular complexity index is 804. The van der Waals surface area contributed by atoms with Crippen LogP contribution in [0.25, 0.3) is 10.6 Å². The number of rotatable bonds is 2. The fraction of sp³-hybridized carbons (Fsp3) is 0.118. The Morgan fingerprint density at radius 2 is 1.95 bits per heavy atom. The lowest BCUT2D eigenvalue weighted by atomic mass is 10.2. The predicted molar refractivity (Wildman–Crippen MR) is 85.4 cm³/mol. The Hall–Kier alpha value is -2.53. The molecule has 1 aromatic carbocycles. The Labute approximate surface area is 132 Å². The molecule has 4 nitrogen and oxygen atoms in total. The highest BCUT2D eigenvalue weighted by Gasteiger charge is 2.26. The summed E-state index contributed by atoms with van der Waals surface area (Å²) < 4.78 is 0. The van der Waals surface area contributed by atoms with Gasteiger partial charge in [0.05, 0.1) is 12.2 Å².